The number of aromatic nitrogens is 3. The van der Waals surface area contributed by atoms with Crippen LogP contribution in [0.2, 0.25) is 5.02 Å². The molecule has 0 saturated carbocycles. The van der Waals surface area contributed by atoms with Crippen molar-refractivity contribution in [1.29, 1.82) is 0 Å². The molecule has 1 amide bonds. The molecule has 0 saturated heterocycles. The van der Waals surface area contributed by atoms with Crippen LogP contribution < -0.4 is 10.9 Å². The summed E-state index contributed by atoms with van der Waals surface area (Å²) in [6.07, 6.45) is 0. The van der Waals surface area contributed by atoms with Gasteiger partial charge >= 0.3 is 0 Å². The topological polar surface area (TPSA) is 76.9 Å². The number of halogens is 1. The van der Waals surface area contributed by atoms with Gasteiger partial charge in [-0.15, -0.1) is 11.3 Å². The number of thiazole rings is 1. The fraction of sp³-hybridized carbons (Fsp3) is 0.333. The summed E-state index contributed by atoms with van der Waals surface area (Å²) in [6.45, 7) is 6.14. The number of rotatable bonds is 6. The third kappa shape index (κ3) is 4.88. The van der Waals surface area contributed by atoms with Gasteiger partial charge in [-0.1, -0.05) is 37.2 Å². The van der Waals surface area contributed by atoms with Crippen molar-refractivity contribution < 1.29 is 4.79 Å². The van der Waals surface area contributed by atoms with E-state index >= 15 is 0 Å². The monoisotopic (exact) mass is 422 g/mol. The van der Waals surface area contributed by atoms with Gasteiger partial charge in [0.15, 0.2) is 10.3 Å². The van der Waals surface area contributed by atoms with E-state index in [2.05, 4.69) is 29.1 Å². The van der Waals surface area contributed by atoms with Crippen LogP contribution in [0.15, 0.2) is 33.5 Å². The molecule has 1 aromatic carbocycles. The summed E-state index contributed by atoms with van der Waals surface area (Å²) in [5.74, 6) is 0.704. The van der Waals surface area contributed by atoms with E-state index in [0.29, 0.717) is 44.4 Å². The minimum Gasteiger partial charge on any atom is -0.302 e. The lowest BCUT2D eigenvalue weighted by atomic mass is 10.2. The summed E-state index contributed by atoms with van der Waals surface area (Å²) in [5, 5.41) is 6.83. The molecule has 0 unspecified atom stereocenters. The van der Waals surface area contributed by atoms with Crippen molar-refractivity contribution in [3.8, 4) is 0 Å². The van der Waals surface area contributed by atoms with Crippen molar-refractivity contribution >= 4 is 56.6 Å². The summed E-state index contributed by atoms with van der Waals surface area (Å²) in [7, 11) is 0. The van der Waals surface area contributed by atoms with Gasteiger partial charge in [-0.25, -0.2) is 9.97 Å². The van der Waals surface area contributed by atoms with Crippen molar-refractivity contribution in [3.63, 3.8) is 0 Å². The smallest absolute Gasteiger partial charge is 0.262 e. The predicted octanol–water partition coefficient (Wildman–Crippen LogP) is 4.41. The Kier molecular flexibility index (Phi) is 6.18. The van der Waals surface area contributed by atoms with Crippen molar-refractivity contribution in [1.82, 2.24) is 14.5 Å². The maximum atomic E-state index is 13.0. The number of carbonyl (C=O) groups is 1. The number of nitrogens with zero attached hydrogens (tertiary/aromatic N) is 3. The SMILES string of the molecule is CC(=O)Nc1nc(CSc2nc3ccc(Cl)cc3c(=O)n2CC(C)C)cs1. The van der Waals surface area contributed by atoms with E-state index in [0.717, 1.165) is 5.69 Å². The van der Waals surface area contributed by atoms with Crippen LogP contribution >= 0.6 is 34.7 Å². The summed E-state index contributed by atoms with van der Waals surface area (Å²) in [6, 6.07) is 5.16. The first-order valence-electron chi connectivity index (χ1n) is 8.38. The minimum atomic E-state index is -0.149. The van der Waals surface area contributed by atoms with Gasteiger partial charge in [0.2, 0.25) is 5.91 Å². The molecule has 0 spiro atoms. The first kappa shape index (κ1) is 19.9. The Morgan fingerprint density at radius 3 is 2.85 bits per heavy atom. The Balaban J connectivity index is 1.92. The minimum absolute atomic E-state index is 0.0871. The third-order valence-corrected chi connectivity index (χ3v) is 5.66. The molecule has 9 heteroatoms. The highest BCUT2D eigenvalue weighted by Gasteiger charge is 2.14. The Morgan fingerprint density at radius 2 is 2.15 bits per heavy atom. The lowest BCUT2D eigenvalue weighted by Gasteiger charge is -2.14. The van der Waals surface area contributed by atoms with Crippen molar-refractivity contribution in [2.75, 3.05) is 5.32 Å². The molecule has 0 atom stereocenters. The number of hydrogen-bond donors (Lipinski definition) is 1. The fourth-order valence-electron chi connectivity index (χ4n) is 2.53. The van der Waals surface area contributed by atoms with Gasteiger partial charge in [0.05, 0.1) is 16.6 Å². The Hall–Kier alpha value is -1.90. The average molecular weight is 423 g/mol. The lowest BCUT2D eigenvalue weighted by Crippen LogP contribution is -2.25. The van der Waals surface area contributed by atoms with Gasteiger partial charge in [-0.2, -0.15) is 0 Å². The van der Waals surface area contributed by atoms with Crippen LogP contribution in [0.25, 0.3) is 10.9 Å². The molecule has 2 aromatic heterocycles. The van der Waals surface area contributed by atoms with E-state index in [9.17, 15) is 9.59 Å². The lowest BCUT2D eigenvalue weighted by molar-refractivity contribution is -0.114. The van der Waals surface area contributed by atoms with Crippen LogP contribution in [-0.4, -0.2) is 20.4 Å². The Bertz CT molecular complexity index is 1050. The summed E-state index contributed by atoms with van der Waals surface area (Å²) in [4.78, 5) is 33.2. The molecular formula is C18H19ClN4O2S2. The van der Waals surface area contributed by atoms with Crippen molar-refractivity contribution in [2.24, 2.45) is 5.92 Å². The van der Waals surface area contributed by atoms with E-state index in [1.54, 1.807) is 22.8 Å². The van der Waals surface area contributed by atoms with Crippen molar-refractivity contribution in [2.45, 2.75) is 38.2 Å². The standard InChI is InChI=1S/C18H19ClN4O2S2/c1-10(2)7-23-16(25)14-6-12(19)4-5-15(14)22-18(23)27-9-13-8-26-17(21-13)20-11(3)24/h4-6,8,10H,7,9H2,1-3H3,(H,20,21,24). The zero-order valence-electron chi connectivity index (χ0n) is 15.2. The first-order chi connectivity index (χ1) is 12.8. The molecular weight excluding hydrogens is 404 g/mol. The molecule has 0 aliphatic carbocycles. The molecule has 1 N–H and O–H groups in total. The molecule has 0 bridgehead atoms. The highest BCUT2D eigenvalue weighted by Crippen LogP contribution is 2.26. The Morgan fingerprint density at radius 1 is 1.37 bits per heavy atom. The largest absolute Gasteiger partial charge is 0.302 e. The number of fused-ring (bicyclic) bond motifs is 1. The van der Waals surface area contributed by atoms with Crippen LogP contribution in [0.4, 0.5) is 5.13 Å². The van der Waals surface area contributed by atoms with Gasteiger partial charge in [0.25, 0.3) is 5.56 Å². The second kappa shape index (κ2) is 8.41. The zero-order chi connectivity index (χ0) is 19.6. The molecule has 6 nitrogen and oxygen atoms in total. The number of carbonyl (C=O) groups excluding carboxylic acids is 1. The quantitative estimate of drug-likeness (QED) is 0.470. The number of benzene rings is 1. The molecule has 0 fully saturated rings. The van der Waals surface area contributed by atoms with Crippen molar-refractivity contribution in [3.05, 3.63) is 44.6 Å². The molecule has 2 heterocycles. The fourth-order valence-corrected chi connectivity index (χ4v) is 4.46. The summed E-state index contributed by atoms with van der Waals surface area (Å²) < 4.78 is 1.70. The number of anilines is 1. The molecule has 3 rings (SSSR count). The van der Waals surface area contributed by atoms with E-state index < -0.39 is 0 Å². The predicted molar refractivity (Wildman–Crippen MR) is 112 cm³/mol. The van der Waals surface area contributed by atoms with E-state index in [-0.39, 0.29) is 11.5 Å². The summed E-state index contributed by atoms with van der Waals surface area (Å²) in [5.41, 5.74) is 1.37. The number of amides is 1. The van der Waals surface area contributed by atoms with Crippen LogP contribution in [-0.2, 0) is 17.1 Å². The second-order valence-corrected chi connectivity index (χ2v) is 8.72. The number of nitrogens with one attached hydrogen (secondary N) is 1. The van der Waals surface area contributed by atoms with E-state index in [1.165, 1.54) is 30.0 Å². The highest BCUT2D eigenvalue weighted by molar-refractivity contribution is 7.98. The zero-order valence-corrected chi connectivity index (χ0v) is 17.5. The molecule has 0 aliphatic heterocycles. The first-order valence-corrected chi connectivity index (χ1v) is 10.6. The van der Waals surface area contributed by atoms with E-state index in [4.69, 9.17) is 11.6 Å². The number of hydrogen-bond acceptors (Lipinski definition) is 6. The normalized spacial score (nSPS) is 11.3. The third-order valence-electron chi connectivity index (χ3n) is 3.61. The van der Waals surface area contributed by atoms with E-state index in [1.807, 2.05) is 5.38 Å². The summed E-state index contributed by atoms with van der Waals surface area (Å²) >= 11 is 8.88. The number of thioether (sulfide) groups is 1. The van der Waals surface area contributed by atoms with Gasteiger partial charge in [0, 0.05) is 29.6 Å². The average Bonchev–Trinajstić information content (AvgIpc) is 3.03. The maximum Gasteiger partial charge on any atom is 0.262 e. The van der Waals surface area contributed by atoms with Gasteiger partial charge in [-0.05, 0) is 24.1 Å². The van der Waals surface area contributed by atoms with Gasteiger partial charge in [-0.3, -0.25) is 14.2 Å². The molecule has 0 aliphatic rings. The van der Waals surface area contributed by atoms with Gasteiger partial charge in [0.1, 0.15) is 0 Å². The molecule has 27 heavy (non-hydrogen) atoms. The Labute approximate surface area is 170 Å². The van der Waals surface area contributed by atoms with Crippen LogP contribution in [0.5, 0.6) is 0 Å². The molecule has 3 aromatic rings. The molecule has 142 valence electrons. The van der Waals surface area contributed by atoms with Crippen LogP contribution in [0, 0.1) is 5.92 Å². The van der Waals surface area contributed by atoms with Crippen LogP contribution in [0.1, 0.15) is 26.5 Å². The van der Waals surface area contributed by atoms with Gasteiger partial charge < -0.3 is 5.32 Å². The second-order valence-electron chi connectivity index (χ2n) is 6.48. The molecule has 0 radical (unpaired) electrons. The highest BCUT2D eigenvalue weighted by atomic mass is 35.5. The van der Waals surface area contributed by atoms with Crippen LogP contribution in [0.3, 0.4) is 0 Å². The maximum absolute atomic E-state index is 13.0.